The van der Waals surface area contributed by atoms with Crippen LogP contribution in [0.4, 0.5) is 0 Å². The number of phosphoric ester groups is 1. The van der Waals surface area contributed by atoms with Gasteiger partial charge in [-0.15, -0.1) is 0 Å². The number of aryl methyl sites for hydroxylation is 1. The average Bonchev–Trinajstić information content (AvgIpc) is 3.15. The van der Waals surface area contributed by atoms with Crippen molar-refractivity contribution < 1.29 is 23.6 Å². The van der Waals surface area contributed by atoms with Gasteiger partial charge in [-0.3, -0.25) is 4.52 Å². The number of benzene rings is 2. The maximum atomic E-state index is 11.0. The fourth-order valence-corrected chi connectivity index (χ4v) is 5.75. The van der Waals surface area contributed by atoms with Crippen molar-refractivity contribution in [2.24, 2.45) is 11.7 Å². The van der Waals surface area contributed by atoms with Crippen molar-refractivity contribution in [3.05, 3.63) is 64.7 Å². The molecule has 174 valence electrons. The molecule has 2 aromatic carbocycles. The first-order valence-corrected chi connectivity index (χ1v) is 13.1. The van der Waals surface area contributed by atoms with Gasteiger partial charge in [0.1, 0.15) is 5.75 Å². The van der Waals surface area contributed by atoms with Gasteiger partial charge in [-0.2, -0.15) is 0 Å². The van der Waals surface area contributed by atoms with Gasteiger partial charge >= 0.3 is 7.82 Å². The van der Waals surface area contributed by atoms with Crippen LogP contribution in [-0.4, -0.2) is 28.5 Å². The molecular weight excluding hydrogens is 425 g/mol. The molecule has 1 fully saturated rings. The van der Waals surface area contributed by atoms with E-state index in [0.29, 0.717) is 31.3 Å². The Labute approximate surface area is 190 Å². The molecule has 0 aromatic heterocycles. The van der Waals surface area contributed by atoms with Gasteiger partial charge in [-0.25, -0.2) is 4.57 Å². The third-order valence-corrected chi connectivity index (χ3v) is 7.40. The van der Waals surface area contributed by atoms with Crippen LogP contribution in [0.2, 0.25) is 0 Å². The second-order valence-electron chi connectivity index (χ2n) is 9.49. The Hall–Kier alpha value is -1.69. The van der Waals surface area contributed by atoms with Crippen molar-refractivity contribution >= 4 is 7.82 Å². The zero-order valence-corrected chi connectivity index (χ0v) is 19.6. The molecule has 0 unspecified atom stereocenters. The molecule has 0 radical (unpaired) electrons. The maximum absolute atomic E-state index is 11.0. The largest absolute Gasteiger partial charge is 0.494 e. The zero-order valence-electron chi connectivity index (χ0n) is 18.7. The second kappa shape index (κ2) is 9.66. The molecule has 2 aromatic rings. The number of fused-ring (bicyclic) bond motifs is 1. The van der Waals surface area contributed by atoms with E-state index >= 15 is 0 Å². The minimum absolute atomic E-state index is 0.106. The van der Waals surface area contributed by atoms with Crippen LogP contribution in [0.1, 0.15) is 60.8 Å². The normalized spacial score (nSPS) is 25.5. The lowest BCUT2D eigenvalue weighted by Gasteiger charge is -2.27. The third kappa shape index (κ3) is 6.00. The monoisotopic (exact) mass is 459 g/mol. The number of ether oxygens (including phenoxy) is 1. The van der Waals surface area contributed by atoms with Crippen molar-refractivity contribution in [2.75, 3.05) is 13.2 Å². The number of nitrogens with two attached hydrogens (primary N) is 1. The molecule has 0 bridgehead atoms. The van der Waals surface area contributed by atoms with Gasteiger partial charge in [0.05, 0.1) is 13.2 Å². The minimum atomic E-state index is -4.49. The van der Waals surface area contributed by atoms with Crippen LogP contribution in [0.3, 0.4) is 0 Å². The molecule has 2 aliphatic carbocycles. The van der Waals surface area contributed by atoms with Crippen molar-refractivity contribution in [2.45, 2.75) is 63.3 Å². The van der Waals surface area contributed by atoms with E-state index in [-0.39, 0.29) is 6.61 Å². The van der Waals surface area contributed by atoms with E-state index in [1.807, 2.05) is 13.0 Å². The molecule has 1 saturated carbocycles. The zero-order chi connectivity index (χ0) is 22.8. The minimum Gasteiger partial charge on any atom is -0.494 e. The lowest BCUT2D eigenvalue weighted by molar-refractivity contribution is 0.153. The van der Waals surface area contributed by atoms with Gasteiger partial charge in [0.25, 0.3) is 0 Å². The highest BCUT2D eigenvalue weighted by Gasteiger charge is 2.38. The predicted octanol–water partition coefficient (Wildman–Crippen LogP) is 4.51. The summed E-state index contributed by atoms with van der Waals surface area (Å²) in [5.41, 5.74) is 11.2. The van der Waals surface area contributed by atoms with Crippen LogP contribution in [-0.2, 0) is 28.4 Å². The fraction of sp³-hybridized carbons (Fsp3) is 0.520. The molecule has 4 N–H and O–H groups in total. The fourth-order valence-electron chi connectivity index (χ4n) is 5.33. The molecule has 2 aliphatic rings. The first-order valence-electron chi connectivity index (χ1n) is 11.6. The smallest absolute Gasteiger partial charge is 0.469 e. The van der Waals surface area contributed by atoms with Crippen LogP contribution in [0, 0.1) is 5.92 Å². The van der Waals surface area contributed by atoms with Crippen LogP contribution in [0.15, 0.2) is 42.5 Å². The Morgan fingerprint density at radius 2 is 2.00 bits per heavy atom. The van der Waals surface area contributed by atoms with E-state index in [1.165, 1.54) is 28.7 Å². The predicted molar refractivity (Wildman–Crippen MR) is 125 cm³/mol. The molecular formula is C25H34NO5P. The summed E-state index contributed by atoms with van der Waals surface area (Å²) in [5.74, 6) is 1.90. The van der Waals surface area contributed by atoms with E-state index < -0.39 is 13.4 Å². The lowest BCUT2D eigenvalue weighted by Crippen LogP contribution is -2.41. The van der Waals surface area contributed by atoms with Crippen LogP contribution < -0.4 is 10.5 Å². The second-order valence-corrected chi connectivity index (χ2v) is 10.7. The van der Waals surface area contributed by atoms with Gasteiger partial charge in [-0.05, 0) is 98.1 Å². The third-order valence-electron chi connectivity index (χ3n) is 6.93. The maximum Gasteiger partial charge on any atom is 0.469 e. The van der Waals surface area contributed by atoms with Crippen molar-refractivity contribution in [3.8, 4) is 5.75 Å². The Bertz CT molecular complexity index is 990. The summed E-state index contributed by atoms with van der Waals surface area (Å²) in [6, 6.07) is 15.3. The molecule has 7 heteroatoms. The molecule has 0 saturated heterocycles. The summed E-state index contributed by atoms with van der Waals surface area (Å²) in [4.78, 5) is 18.0. The first kappa shape index (κ1) is 23.5. The topological polar surface area (TPSA) is 102 Å². The number of phosphoric acid groups is 1. The highest BCUT2D eigenvalue weighted by Crippen LogP contribution is 2.44. The molecule has 6 nitrogen and oxygen atoms in total. The van der Waals surface area contributed by atoms with E-state index in [2.05, 4.69) is 36.4 Å². The van der Waals surface area contributed by atoms with Gasteiger partial charge in [0.2, 0.25) is 0 Å². The lowest BCUT2D eigenvalue weighted by atomic mass is 9.79. The number of rotatable bonds is 8. The standard InChI is InChI=1S/C25H34NO5P/c1-2-30-24-5-3-4-18(14-24)12-19-6-7-21-15-22(9-8-20(21)13-19)23-10-11-25(26,16-23)17-31-32(27,28)29/h3-5,8-9,14-15,19,23H,2,6-7,10-13,16-17,26H2,1H3,(H2,27,28,29)/t19-,23+,25-/m1/s1. The summed E-state index contributed by atoms with van der Waals surface area (Å²) in [6.07, 6.45) is 6.73. The summed E-state index contributed by atoms with van der Waals surface area (Å²) in [6.45, 7) is 2.59. The van der Waals surface area contributed by atoms with Crippen LogP contribution >= 0.6 is 7.82 Å². The van der Waals surface area contributed by atoms with Gasteiger partial charge < -0.3 is 20.3 Å². The average molecular weight is 460 g/mol. The number of hydrogen-bond donors (Lipinski definition) is 3. The van der Waals surface area contributed by atoms with Gasteiger partial charge in [0, 0.05) is 5.54 Å². The number of hydrogen-bond acceptors (Lipinski definition) is 4. The molecule has 0 amide bonds. The molecule has 0 aliphatic heterocycles. The first-order chi connectivity index (χ1) is 15.2. The Balaban J connectivity index is 1.37. The molecule has 3 atom stereocenters. The van der Waals surface area contributed by atoms with Crippen molar-refractivity contribution in [1.29, 1.82) is 0 Å². The quantitative estimate of drug-likeness (QED) is 0.502. The SMILES string of the molecule is CCOc1cccc(C[C@H]2CCc3cc([C@H]4CC[C@](N)(COP(=O)(O)O)C4)ccc3C2)c1. The molecule has 0 spiro atoms. The highest BCUT2D eigenvalue weighted by molar-refractivity contribution is 7.46. The molecule has 4 rings (SSSR count). The van der Waals surface area contributed by atoms with Crippen LogP contribution in [0.5, 0.6) is 5.75 Å². The van der Waals surface area contributed by atoms with Gasteiger partial charge in [-0.1, -0.05) is 30.3 Å². The van der Waals surface area contributed by atoms with E-state index in [4.69, 9.17) is 24.8 Å². The highest BCUT2D eigenvalue weighted by atomic mass is 31.2. The van der Waals surface area contributed by atoms with Gasteiger partial charge in [0.15, 0.2) is 0 Å². The van der Waals surface area contributed by atoms with Crippen molar-refractivity contribution in [1.82, 2.24) is 0 Å². The summed E-state index contributed by atoms with van der Waals surface area (Å²) >= 11 is 0. The summed E-state index contributed by atoms with van der Waals surface area (Å²) < 4.78 is 21.4. The summed E-state index contributed by atoms with van der Waals surface area (Å²) in [7, 11) is -4.49. The van der Waals surface area contributed by atoms with Crippen LogP contribution in [0.25, 0.3) is 0 Å². The van der Waals surface area contributed by atoms with E-state index in [0.717, 1.165) is 31.4 Å². The Morgan fingerprint density at radius 3 is 2.78 bits per heavy atom. The molecule has 32 heavy (non-hydrogen) atoms. The Kier molecular flexibility index (Phi) is 7.09. The molecule has 0 heterocycles. The van der Waals surface area contributed by atoms with Crippen molar-refractivity contribution in [3.63, 3.8) is 0 Å². The van der Waals surface area contributed by atoms with E-state index in [9.17, 15) is 4.57 Å². The Morgan fingerprint density at radius 1 is 1.16 bits per heavy atom. The summed E-state index contributed by atoms with van der Waals surface area (Å²) in [5, 5.41) is 0. The van der Waals surface area contributed by atoms with E-state index in [1.54, 1.807) is 0 Å².